The van der Waals surface area contributed by atoms with Crippen LogP contribution >= 0.6 is 10.3 Å². The van der Waals surface area contributed by atoms with Crippen molar-refractivity contribution in [2.45, 2.75) is 88.8 Å². The number of cyclic esters (lactones) is 1. The summed E-state index contributed by atoms with van der Waals surface area (Å²) in [6.07, 6.45) is 11.9. The summed E-state index contributed by atoms with van der Waals surface area (Å²) in [5, 5.41) is 0. The summed E-state index contributed by atoms with van der Waals surface area (Å²) in [5.41, 5.74) is 8.87. The number of nitrogens with two attached hydrogens (primary N) is 1. The van der Waals surface area contributed by atoms with Crippen LogP contribution in [-0.4, -0.2) is 45.9 Å². The highest BCUT2D eigenvalue weighted by molar-refractivity contribution is 8.29. The molecular weight excluding hydrogens is 444 g/mol. The second-order valence-electron chi connectivity index (χ2n) is 11.8. The van der Waals surface area contributed by atoms with Crippen LogP contribution in [0.15, 0.2) is 53.8 Å². The van der Waals surface area contributed by atoms with E-state index in [0.29, 0.717) is 0 Å². The van der Waals surface area contributed by atoms with Crippen molar-refractivity contribution in [2.24, 2.45) is 11.7 Å². The van der Waals surface area contributed by atoms with E-state index in [1.165, 1.54) is 5.57 Å². The number of allylic oxidation sites excluding steroid dienone is 3. The van der Waals surface area contributed by atoms with Gasteiger partial charge >= 0.3 is 6.09 Å². The third-order valence-corrected chi connectivity index (χ3v) is 11.7. The van der Waals surface area contributed by atoms with Gasteiger partial charge < -0.3 is 14.7 Å². The number of amides is 1. The van der Waals surface area contributed by atoms with Crippen molar-refractivity contribution in [3.05, 3.63) is 59.3 Å². The van der Waals surface area contributed by atoms with Gasteiger partial charge in [-0.1, -0.05) is 62.8 Å². The first-order chi connectivity index (χ1) is 15.8. The average molecular weight is 487 g/mol. The lowest BCUT2D eigenvalue weighted by molar-refractivity contribution is -0.0868. The van der Waals surface area contributed by atoms with E-state index >= 15 is 0 Å². The molecule has 6 heteroatoms. The summed E-state index contributed by atoms with van der Waals surface area (Å²) in [5.74, 6) is 0.138. The second-order valence-corrected chi connectivity index (χ2v) is 15.7. The second kappa shape index (κ2) is 8.94. The van der Waals surface area contributed by atoms with E-state index in [0.717, 1.165) is 36.9 Å². The minimum Gasteiger partial charge on any atom is -0.443 e. The van der Waals surface area contributed by atoms with Crippen LogP contribution in [0.2, 0.25) is 0 Å². The Labute approximate surface area is 207 Å². The Hall–Kier alpha value is -1.92. The third kappa shape index (κ3) is 4.64. The summed E-state index contributed by atoms with van der Waals surface area (Å²) in [7, 11) is -1.41. The predicted octanol–water partition coefficient (Wildman–Crippen LogP) is 6.46. The van der Waals surface area contributed by atoms with Crippen LogP contribution in [0.4, 0.5) is 4.79 Å². The minimum absolute atomic E-state index is 0.0180. The summed E-state index contributed by atoms with van der Waals surface area (Å²) >= 11 is 0. The lowest BCUT2D eigenvalue weighted by atomic mass is 9.74. The smallest absolute Gasteiger partial charge is 0.410 e. The number of hydrogen-bond acceptors (Lipinski definition) is 4. The molecule has 0 aromatic heterocycles. The van der Waals surface area contributed by atoms with Gasteiger partial charge in [-0.3, -0.25) is 4.90 Å². The third-order valence-electron chi connectivity index (χ3n) is 8.08. The zero-order valence-corrected chi connectivity index (χ0v) is 22.7. The molecule has 1 unspecified atom stereocenters. The zero-order valence-electron chi connectivity index (χ0n) is 21.8. The van der Waals surface area contributed by atoms with Crippen molar-refractivity contribution in [3.8, 4) is 0 Å². The maximum Gasteiger partial charge on any atom is 0.410 e. The van der Waals surface area contributed by atoms with Gasteiger partial charge in [0.05, 0.1) is 6.04 Å². The van der Waals surface area contributed by atoms with Gasteiger partial charge in [0, 0.05) is 22.4 Å². The van der Waals surface area contributed by atoms with Crippen molar-refractivity contribution in [1.82, 2.24) is 4.90 Å². The summed E-state index contributed by atoms with van der Waals surface area (Å²) in [4.78, 5) is 15.5. The largest absolute Gasteiger partial charge is 0.443 e. The van der Waals surface area contributed by atoms with E-state index in [2.05, 4.69) is 77.5 Å². The Morgan fingerprint density at radius 3 is 2.38 bits per heavy atom. The van der Waals surface area contributed by atoms with E-state index in [-0.39, 0.29) is 34.9 Å². The molecule has 4 atom stereocenters. The van der Waals surface area contributed by atoms with Crippen LogP contribution in [-0.2, 0) is 8.92 Å². The van der Waals surface area contributed by atoms with E-state index in [1.54, 1.807) is 0 Å². The van der Waals surface area contributed by atoms with Crippen LogP contribution in [0.5, 0.6) is 0 Å². The van der Waals surface area contributed by atoms with Crippen molar-refractivity contribution in [1.29, 1.82) is 0 Å². The van der Waals surface area contributed by atoms with Crippen LogP contribution in [0.25, 0.3) is 0 Å². The van der Waals surface area contributed by atoms with E-state index < -0.39 is 15.9 Å². The maximum atomic E-state index is 13.5. The van der Waals surface area contributed by atoms with Crippen molar-refractivity contribution in [2.75, 3.05) is 12.5 Å². The Morgan fingerprint density at radius 2 is 1.79 bits per heavy atom. The van der Waals surface area contributed by atoms with Crippen LogP contribution in [0.1, 0.15) is 72.0 Å². The van der Waals surface area contributed by atoms with Crippen molar-refractivity contribution >= 4 is 16.4 Å². The Kier molecular flexibility index (Phi) is 6.62. The maximum absolute atomic E-state index is 13.5. The molecule has 0 radical (unpaired) electrons. The Morgan fingerprint density at radius 1 is 1.12 bits per heavy atom. The number of carbonyl (C=O) groups excluding carboxylic acids is 1. The fraction of sp³-hybridized carbons (Fsp3) is 0.607. The molecule has 2 N–H and O–H groups in total. The molecule has 34 heavy (non-hydrogen) atoms. The lowest BCUT2D eigenvalue weighted by Gasteiger charge is -2.51. The van der Waals surface area contributed by atoms with Crippen LogP contribution in [0.3, 0.4) is 0 Å². The highest BCUT2D eigenvalue weighted by Gasteiger charge is 2.56. The average Bonchev–Trinajstić information content (AvgIpc) is 3.17. The minimum atomic E-state index is -1.41. The SMILES string of the molecule is CC1(C)OC(=O)N2[C@H](CC[C@@H]2[C@H](OS(C)(C)C(C)(C)C)c2ccccc2)C1C1=CC=C(N)CC1. The number of rotatable bonds is 5. The molecule has 0 bridgehead atoms. The number of nitrogens with zero attached hydrogens (tertiary/aromatic N) is 1. The van der Waals surface area contributed by atoms with Crippen LogP contribution < -0.4 is 5.73 Å². The van der Waals surface area contributed by atoms with Crippen LogP contribution in [0, 0.1) is 5.92 Å². The zero-order chi connectivity index (χ0) is 24.9. The van der Waals surface area contributed by atoms with Gasteiger partial charge in [-0.2, -0.15) is 0 Å². The van der Waals surface area contributed by atoms with Gasteiger partial charge in [0.2, 0.25) is 0 Å². The Bertz CT molecular complexity index is 977. The molecule has 3 aliphatic rings. The summed E-state index contributed by atoms with van der Waals surface area (Å²) in [6.45, 7) is 10.8. The molecule has 0 saturated carbocycles. The van der Waals surface area contributed by atoms with Crippen molar-refractivity contribution in [3.63, 3.8) is 0 Å². The Balaban J connectivity index is 1.72. The van der Waals surface area contributed by atoms with Gasteiger partial charge in [-0.25, -0.2) is 4.79 Å². The van der Waals surface area contributed by atoms with Gasteiger partial charge in [0.15, 0.2) is 0 Å². The lowest BCUT2D eigenvalue weighted by Crippen LogP contribution is -2.60. The molecule has 1 amide bonds. The van der Waals surface area contributed by atoms with E-state index in [9.17, 15) is 4.79 Å². The number of hydrogen-bond donors (Lipinski definition) is 1. The van der Waals surface area contributed by atoms with Gasteiger partial charge in [0.25, 0.3) is 0 Å². The highest BCUT2D eigenvalue weighted by atomic mass is 32.3. The molecule has 2 fully saturated rings. The molecule has 0 spiro atoms. The topological polar surface area (TPSA) is 64.8 Å². The summed E-state index contributed by atoms with van der Waals surface area (Å²) in [6, 6.07) is 10.4. The molecule has 2 heterocycles. The highest BCUT2D eigenvalue weighted by Crippen LogP contribution is 2.59. The number of carbonyl (C=O) groups is 1. The molecule has 1 aromatic rings. The molecular formula is C28H42N2O3S. The molecule has 5 nitrogen and oxygen atoms in total. The first-order valence-electron chi connectivity index (χ1n) is 12.4. The number of benzene rings is 1. The molecule has 1 aromatic carbocycles. The van der Waals surface area contributed by atoms with Gasteiger partial charge in [-0.15, -0.1) is 10.3 Å². The molecule has 188 valence electrons. The predicted molar refractivity (Wildman–Crippen MR) is 142 cm³/mol. The molecule has 2 aliphatic heterocycles. The van der Waals surface area contributed by atoms with Gasteiger partial charge in [0.1, 0.15) is 11.7 Å². The summed E-state index contributed by atoms with van der Waals surface area (Å²) < 4.78 is 13.2. The standard InChI is InChI=1S/C28H42N2O3S/c1-27(2,3)34(6,7)33-25(20-11-9-8-10-12-20)23-18-17-22-24(19-13-15-21(29)16-14-19)28(4,5)32-26(31)30(22)23/h8-13,15,22-25H,14,16-18,29H2,1-7H3/t22-,23-,24?,25-/m1/s1. The van der Waals surface area contributed by atoms with E-state index in [1.807, 2.05) is 17.0 Å². The fourth-order valence-electron chi connectivity index (χ4n) is 5.58. The monoisotopic (exact) mass is 486 g/mol. The molecule has 2 saturated heterocycles. The molecule has 1 aliphatic carbocycles. The van der Waals surface area contributed by atoms with Gasteiger partial charge in [-0.05, 0) is 63.7 Å². The van der Waals surface area contributed by atoms with Crippen molar-refractivity contribution < 1.29 is 13.7 Å². The number of fused-ring (bicyclic) bond motifs is 1. The first-order valence-corrected chi connectivity index (χ1v) is 14.8. The fourth-order valence-corrected chi connectivity index (χ4v) is 6.62. The quantitative estimate of drug-likeness (QED) is 0.518. The number of ether oxygens (including phenoxy) is 1. The first kappa shape index (κ1) is 25.2. The normalized spacial score (nSPS) is 28.5. The molecule has 4 rings (SSSR count). The van der Waals surface area contributed by atoms with E-state index in [4.69, 9.17) is 14.7 Å².